The Bertz CT molecular complexity index is 471. The first-order valence-corrected chi connectivity index (χ1v) is 6.37. The van der Waals surface area contributed by atoms with E-state index in [1.807, 2.05) is 18.2 Å². The third-order valence-corrected chi connectivity index (χ3v) is 3.69. The van der Waals surface area contributed by atoms with Gasteiger partial charge in [-0.05, 0) is 31.4 Å². The van der Waals surface area contributed by atoms with Crippen LogP contribution in [0.4, 0.5) is 10.5 Å². The molecule has 4 nitrogen and oxygen atoms in total. The van der Waals surface area contributed by atoms with Gasteiger partial charge in [0.1, 0.15) is 6.10 Å². The van der Waals surface area contributed by atoms with Crippen LogP contribution in [0.5, 0.6) is 0 Å². The number of imide groups is 1. The first-order valence-electron chi connectivity index (χ1n) is 6.37. The number of carbonyl (C=O) groups excluding carboxylic acids is 2. The Hall–Kier alpha value is -1.84. The molecule has 18 heavy (non-hydrogen) atoms. The lowest BCUT2D eigenvalue weighted by Crippen LogP contribution is -2.53. The number of benzene rings is 1. The van der Waals surface area contributed by atoms with Crippen LogP contribution in [-0.2, 0) is 9.53 Å². The number of hydrogen-bond acceptors (Lipinski definition) is 3. The van der Waals surface area contributed by atoms with Crippen LogP contribution >= 0.6 is 0 Å². The van der Waals surface area contributed by atoms with Crippen LogP contribution in [0.2, 0.25) is 0 Å². The number of anilines is 1. The Balaban J connectivity index is 1.91. The van der Waals surface area contributed by atoms with Crippen molar-refractivity contribution in [1.29, 1.82) is 0 Å². The zero-order valence-corrected chi connectivity index (χ0v) is 10.0. The number of nitrogens with zero attached hydrogens (tertiary/aromatic N) is 1. The highest BCUT2D eigenvalue weighted by Gasteiger charge is 2.44. The first kappa shape index (κ1) is 11.3. The molecule has 2 aliphatic rings. The van der Waals surface area contributed by atoms with Gasteiger partial charge in [-0.15, -0.1) is 0 Å². The Labute approximate surface area is 106 Å². The van der Waals surface area contributed by atoms with Gasteiger partial charge < -0.3 is 4.74 Å². The highest BCUT2D eigenvalue weighted by Crippen LogP contribution is 2.34. The number of carbonyl (C=O) groups is 2. The van der Waals surface area contributed by atoms with Crippen molar-refractivity contribution in [2.45, 2.75) is 31.8 Å². The van der Waals surface area contributed by atoms with Gasteiger partial charge in [-0.3, -0.25) is 4.79 Å². The molecular formula is C14H15NO3. The summed E-state index contributed by atoms with van der Waals surface area (Å²) in [7, 11) is 0. The summed E-state index contributed by atoms with van der Waals surface area (Å²) in [6.45, 7) is 0. The lowest BCUT2D eigenvalue weighted by Gasteiger charge is -2.38. The minimum absolute atomic E-state index is 0.109. The molecule has 0 spiro atoms. The van der Waals surface area contributed by atoms with E-state index in [9.17, 15) is 9.59 Å². The number of hydrogen-bond donors (Lipinski definition) is 0. The fourth-order valence-electron chi connectivity index (χ4n) is 2.77. The Morgan fingerprint density at radius 1 is 1.06 bits per heavy atom. The molecule has 94 valence electrons. The highest BCUT2D eigenvalue weighted by atomic mass is 16.6. The Morgan fingerprint density at radius 3 is 2.56 bits per heavy atom. The fraction of sp³-hybridized carbons (Fsp3) is 0.429. The molecule has 1 saturated carbocycles. The SMILES string of the molecule is O=C1O[C@H]2CCCC[C@H]2C(=O)N1c1ccccc1. The van der Waals surface area contributed by atoms with E-state index in [2.05, 4.69) is 0 Å². The summed E-state index contributed by atoms with van der Waals surface area (Å²) in [5.41, 5.74) is 0.594. The van der Waals surface area contributed by atoms with Crippen LogP contribution in [0.3, 0.4) is 0 Å². The third-order valence-electron chi connectivity index (χ3n) is 3.69. The second kappa shape index (κ2) is 4.44. The molecule has 0 unspecified atom stereocenters. The molecule has 2 atom stereocenters. The molecule has 1 aliphatic heterocycles. The van der Waals surface area contributed by atoms with Crippen molar-refractivity contribution < 1.29 is 14.3 Å². The Kier molecular flexibility index (Phi) is 2.78. The first-order chi connectivity index (χ1) is 8.77. The number of ether oxygens (including phenoxy) is 1. The van der Waals surface area contributed by atoms with E-state index in [1.165, 1.54) is 4.90 Å². The number of amides is 2. The van der Waals surface area contributed by atoms with Gasteiger partial charge in [0.25, 0.3) is 0 Å². The van der Waals surface area contributed by atoms with Crippen molar-refractivity contribution in [3.05, 3.63) is 30.3 Å². The molecule has 1 saturated heterocycles. The minimum Gasteiger partial charge on any atom is -0.445 e. The molecule has 1 aromatic rings. The van der Waals surface area contributed by atoms with Gasteiger partial charge in [-0.2, -0.15) is 0 Å². The van der Waals surface area contributed by atoms with E-state index in [0.29, 0.717) is 5.69 Å². The lowest BCUT2D eigenvalue weighted by molar-refractivity contribution is -0.130. The molecule has 0 N–H and O–H groups in total. The predicted octanol–water partition coefficient (Wildman–Crippen LogP) is 2.73. The monoisotopic (exact) mass is 245 g/mol. The van der Waals surface area contributed by atoms with E-state index in [1.54, 1.807) is 12.1 Å². The molecule has 2 amide bonds. The molecule has 3 rings (SSSR count). The van der Waals surface area contributed by atoms with Crippen LogP contribution in [0.1, 0.15) is 25.7 Å². The molecule has 1 aliphatic carbocycles. The highest BCUT2D eigenvalue weighted by molar-refractivity contribution is 6.14. The quantitative estimate of drug-likeness (QED) is 0.764. The number of fused-ring (bicyclic) bond motifs is 1. The second-order valence-corrected chi connectivity index (χ2v) is 4.82. The van der Waals surface area contributed by atoms with Crippen LogP contribution in [0, 0.1) is 5.92 Å². The molecule has 2 fully saturated rings. The van der Waals surface area contributed by atoms with Crippen molar-refractivity contribution in [3.63, 3.8) is 0 Å². The molecule has 0 aromatic heterocycles. The van der Waals surface area contributed by atoms with Crippen LogP contribution in [0.25, 0.3) is 0 Å². The van der Waals surface area contributed by atoms with Gasteiger partial charge in [-0.1, -0.05) is 24.6 Å². The van der Waals surface area contributed by atoms with Crippen LogP contribution < -0.4 is 4.90 Å². The molecule has 0 bridgehead atoms. The zero-order chi connectivity index (χ0) is 12.5. The molecule has 1 aromatic carbocycles. The van der Waals surface area contributed by atoms with Gasteiger partial charge >= 0.3 is 6.09 Å². The van der Waals surface area contributed by atoms with E-state index < -0.39 is 6.09 Å². The summed E-state index contributed by atoms with van der Waals surface area (Å²) in [4.78, 5) is 25.5. The summed E-state index contributed by atoms with van der Waals surface area (Å²) < 4.78 is 5.39. The molecule has 0 radical (unpaired) electrons. The van der Waals surface area contributed by atoms with Crippen molar-refractivity contribution >= 4 is 17.7 Å². The van der Waals surface area contributed by atoms with E-state index in [-0.39, 0.29) is 17.9 Å². The smallest absolute Gasteiger partial charge is 0.421 e. The minimum atomic E-state index is -0.533. The predicted molar refractivity (Wildman–Crippen MR) is 66.2 cm³/mol. The summed E-state index contributed by atoms with van der Waals surface area (Å²) >= 11 is 0. The lowest BCUT2D eigenvalue weighted by atomic mass is 9.84. The summed E-state index contributed by atoms with van der Waals surface area (Å²) in [6.07, 6.45) is 2.96. The van der Waals surface area contributed by atoms with Gasteiger partial charge in [0.15, 0.2) is 0 Å². The maximum Gasteiger partial charge on any atom is 0.421 e. The van der Waals surface area contributed by atoms with Gasteiger partial charge in [0, 0.05) is 0 Å². The fourth-order valence-corrected chi connectivity index (χ4v) is 2.77. The molecular weight excluding hydrogens is 230 g/mol. The van der Waals surface area contributed by atoms with Crippen molar-refractivity contribution in [2.75, 3.05) is 4.90 Å². The maximum absolute atomic E-state index is 12.4. The van der Waals surface area contributed by atoms with E-state index in [4.69, 9.17) is 4.74 Å². The van der Waals surface area contributed by atoms with E-state index >= 15 is 0 Å². The van der Waals surface area contributed by atoms with Crippen molar-refractivity contribution in [2.24, 2.45) is 5.92 Å². The summed E-state index contributed by atoms with van der Waals surface area (Å²) in [6, 6.07) is 8.98. The van der Waals surface area contributed by atoms with Gasteiger partial charge in [0.2, 0.25) is 5.91 Å². The topological polar surface area (TPSA) is 46.6 Å². The maximum atomic E-state index is 12.4. The van der Waals surface area contributed by atoms with E-state index in [0.717, 1.165) is 25.7 Å². The number of para-hydroxylation sites is 1. The number of rotatable bonds is 1. The van der Waals surface area contributed by atoms with Crippen molar-refractivity contribution in [1.82, 2.24) is 0 Å². The van der Waals surface area contributed by atoms with Gasteiger partial charge in [0.05, 0.1) is 11.6 Å². The van der Waals surface area contributed by atoms with Crippen molar-refractivity contribution in [3.8, 4) is 0 Å². The van der Waals surface area contributed by atoms with Crippen LogP contribution in [0.15, 0.2) is 30.3 Å². The largest absolute Gasteiger partial charge is 0.445 e. The normalized spacial score (nSPS) is 27.7. The average molecular weight is 245 g/mol. The standard InChI is InChI=1S/C14H15NO3/c16-13-11-8-4-5-9-12(11)18-14(17)15(13)10-6-2-1-3-7-10/h1-3,6-7,11-12H,4-5,8-9H2/t11-,12+/m1/s1. The molecule has 4 heteroatoms. The summed E-state index contributed by atoms with van der Waals surface area (Å²) in [5.74, 6) is -0.265. The zero-order valence-electron chi connectivity index (χ0n) is 10.0. The Morgan fingerprint density at radius 2 is 1.78 bits per heavy atom. The molecule has 1 heterocycles. The van der Waals surface area contributed by atoms with Crippen LogP contribution in [-0.4, -0.2) is 18.1 Å². The van der Waals surface area contributed by atoms with Gasteiger partial charge in [-0.25, -0.2) is 9.69 Å². The second-order valence-electron chi connectivity index (χ2n) is 4.82. The third kappa shape index (κ3) is 1.78. The average Bonchev–Trinajstić information content (AvgIpc) is 2.40. The summed E-state index contributed by atoms with van der Waals surface area (Å²) in [5, 5.41) is 0.